The summed E-state index contributed by atoms with van der Waals surface area (Å²) in [7, 11) is 0. The minimum atomic E-state index is 0.476. The van der Waals surface area contributed by atoms with Crippen molar-refractivity contribution < 1.29 is 0 Å². The first-order valence-electron chi connectivity index (χ1n) is 6.44. The summed E-state index contributed by atoms with van der Waals surface area (Å²) in [5.41, 5.74) is 2.53. The molecule has 0 amide bonds. The molecule has 0 bridgehead atoms. The van der Waals surface area contributed by atoms with Crippen molar-refractivity contribution in [2.24, 2.45) is 0 Å². The highest BCUT2D eigenvalue weighted by Crippen LogP contribution is 2.29. The van der Waals surface area contributed by atoms with Gasteiger partial charge in [0.2, 0.25) is 0 Å². The average Bonchev–Trinajstić information content (AvgIpc) is 3.08. The van der Waals surface area contributed by atoms with E-state index in [0.29, 0.717) is 16.5 Å². The fourth-order valence-corrected chi connectivity index (χ4v) is 3.55. The van der Waals surface area contributed by atoms with Gasteiger partial charge in [-0.15, -0.1) is 23.1 Å². The maximum Gasteiger partial charge on any atom is 0.129 e. The Balaban J connectivity index is 1.84. The zero-order valence-corrected chi connectivity index (χ0v) is 13.8. The van der Waals surface area contributed by atoms with Gasteiger partial charge < -0.3 is 0 Å². The summed E-state index contributed by atoms with van der Waals surface area (Å²) in [6.45, 7) is 0. The summed E-state index contributed by atoms with van der Waals surface area (Å²) in [6.07, 6.45) is 1.74. The third-order valence-electron chi connectivity index (χ3n) is 2.92. The molecule has 108 valence electrons. The number of nitrogens with zero attached hydrogens (tertiary/aromatic N) is 3. The van der Waals surface area contributed by atoms with Gasteiger partial charge in [-0.2, -0.15) is 5.26 Å². The number of rotatable bonds is 4. The summed E-state index contributed by atoms with van der Waals surface area (Å²) < 4.78 is 0. The van der Waals surface area contributed by atoms with Gasteiger partial charge in [0.05, 0.1) is 16.1 Å². The van der Waals surface area contributed by atoms with Gasteiger partial charge in [0.15, 0.2) is 0 Å². The van der Waals surface area contributed by atoms with Crippen LogP contribution in [0.25, 0.3) is 10.6 Å². The maximum absolute atomic E-state index is 9.24. The van der Waals surface area contributed by atoms with Crippen molar-refractivity contribution in [3.63, 3.8) is 0 Å². The lowest BCUT2D eigenvalue weighted by Gasteiger charge is -2.05. The Bertz CT molecular complexity index is 808. The van der Waals surface area contributed by atoms with Crippen LogP contribution < -0.4 is 0 Å². The Labute approximate surface area is 141 Å². The third-order valence-corrected chi connectivity index (χ3v) is 5.10. The van der Waals surface area contributed by atoms with Gasteiger partial charge in [-0.3, -0.25) is 0 Å². The highest BCUT2D eigenvalue weighted by atomic mass is 35.5. The van der Waals surface area contributed by atoms with E-state index in [-0.39, 0.29) is 0 Å². The lowest BCUT2D eigenvalue weighted by Crippen LogP contribution is -1.91. The monoisotopic (exact) mass is 343 g/mol. The van der Waals surface area contributed by atoms with Crippen molar-refractivity contribution >= 4 is 34.7 Å². The molecule has 0 saturated carbocycles. The first kappa shape index (κ1) is 15.0. The second-order valence-corrected chi connectivity index (χ2v) is 6.72. The molecule has 0 fully saturated rings. The van der Waals surface area contributed by atoms with E-state index >= 15 is 0 Å². The fraction of sp³-hybridized carbons (Fsp3) is 0.0625. The molecule has 0 aliphatic heterocycles. The Morgan fingerprint density at radius 2 is 2.14 bits per heavy atom. The SMILES string of the molecule is N#Cc1ccc(-c2cccs2)nc1SCc1ccc(Cl)nc1. The van der Waals surface area contributed by atoms with Crippen molar-refractivity contribution in [1.29, 1.82) is 5.26 Å². The lowest BCUT2D eigenvalue weighted by molar-refractivity contribution is 1.12. The normalized spacial score (nSPS) is 10.4. The van der Waals surface area contributed by atoms with Crippen molar-refractivity contribution in [3.8, 4) is 16.6 Å². The van der Waals surface area contributed by atoms with Crippen molar-refractivity contribution in [3.05, 3.63) is 64.3 Å². The molecule has 0 aliphatic carbocycles. The molecule has 0 saturated heterocycles. The summed E-state index contributed by atoms with van der Waals surface area (Å²) in [5.74, 6) is 0.694. The van der Waals surface area contributed by atoms with Crippen molar-refractivity contribution in [2.75, 3.05) is 0 Å². The molecule has 3 heterocycles. The van der Waals surface area contributed by atoms with Gasteiger partial charge in [0.25, 0.3) is 0 Å². The molecule has 0 aliphatic rings. The van der Waals surface area contributed by atoms with Crippen LogP contribution in [0, 0.1) is 11.3 Å². The summed E-state index contributed by atoms with van der Waals surface area (Å²) >= 11 is 8.95. The van der Waals surface area contributed by atoms with E-state index in [2.05, 4.69) is 16.0 Å². The molecule has 0 spiro atoms. The van der Waals surface area contributed by atoms with Gasteiger partial charge >= 0.3 is 0 Å². The molecule has 0 N–H and O–H groups in total. The van der Waals surface area contributed by atoms with Crippen molar-refractivity contribution in [2.45, 2.75) is 10.8 Å². The second kappa shape index (κ2) is 6.93. The van der Waals surface area contributed by atoms with E-state index in [1.807, 2.05) is 35.7 Å². The molecule has 6 heteroatoms. The molecular weight excluding hydrogens is 334 g/mol. The highest BCUT2D eigenvalue weighted by molar-refractivity contribution is 7.98. The van der Waals surface area contributed by atoms with Gasteiger partial charge in [-0.1, -0.05) is 23.7 Å². The van der Waals surface area contributed by atoms with Crippen LogP contribution >= 0.6 is 34.7 Å². The second-order valence-electron chi connectivity index (χ2n) is 4.42. The van der Waals surface area contributed by atoms with E-state index < -0.39 is 0 Å². The standard InChI is InChI=1S/C16H10ClN3S2/c17-15-6-3-11(9-19-15)10-22-16-12(8-18)4-5-13(20-16)14-2-1-7-21-14/h1-7,9H,10H2. The molecule has 3 aromatic rings. The summed E-state index contributed by atoms with van der Waals surface area (Å²) in [5, 5.41) is 12.5. The molecule has 0 aromatic carbocycles. The minimum absolute atomic E-state index is 0.476. The molecule has 0 radical (unpaired) electrons. The van der Waals surface area contributed by atoms with Gasteiger partial charge in [0, 0.05) is 11.9 Å². The molecule has 3 rings (SSSR count). The number of nitriles is 1. The van der Waals surface area contributed by atoms with Crippen LogP contribution in [0.2, 0.25) is 5.15 Å². The molecule has 3 aromatic heterocycles. The zero-order chi connectivity index (χ0) is 15.4. The number of pyridine rings is 2. The lowest BCUT2D eigenvalue weighted by atomic mass is 10.2. The molecule has 3 nitrogen and oxygen atoms in total. The topological polar surface area (TPSA) is 49.6 Å². The quantitative estimate of drug-likeness (QED) is 0.493. The number of aromatic nitrogens is 2. The molecule has 22 heavy (non-hydrogen) atoms. The van der Waals surface area contributed by atoms with E-state index in [4.69, 9.17) is 11.6 Å². The predicted molar refractivity (Wildman–Crippen MR) is 91.1 cm³/mol. The maximum atomic E-state index is 9.24. The van der Waals surface area contributed by atoms with Crippen LogP contribution in [-0.2, 0) is 5.75 Å². The van der Waals surface area contributed by atoms with Crippen LogP contribution in [0.5, 0.6) is 0 Å². The highest BCUT2D eigenvalue weighted by Gasteiger charge is 2.09. The fourth-order valence-electron chi connectivity index (χ4n) is 1.84. The number of thiophene rings is 1. The number of hydrogen-bond donors (Lipinski definition) is 0. The van der Waals surface area contributed by atoms with Gasteiger partial charge in [-0.05, 0) is 35.2 Å². The Morgan fingerprint density at radius 3 is 2.82 bits per heavy atom. The summed E-state index contributed by atoms with van der Waals surface area (Å²) in [6, 6.07) is 13.6. The molecule has 0 unspecified atom stereocenters. The number of halogens is 1. The van der Waals surface area contributed by atoms with Gasteiger partial charge in [0.1, 0.15) is 16.2 Å². The van der Waals surface area contributed by atoms with E-state index in [1.54, 1.807) is 23.6 Å². The predicted octanol–water partition coefficient (Wildman–Crippen LogP) is 5.02. The Kier molecular flexibility index (Phi) is 4.74. The van der Waals surface area contributed by atoms with Crippen LogP contribution in [0.4, 0.5) is 0 Å². The van der Waals surface area contributed by atoms with Crippen LogP contribution in [-0.4, -0.2) is 9.97 Å². The van der Waals surface area contributed by atoms with Gasteiger partial charge in [-0.25, -0.2) is 9.97 Å². The van der Waals surface area contributed by atoms with E-state index in [1.165, 1.54) is 11.8 Å². The van der Waals surface area contributed by atoms with Crippen molar-refractivity contribution in [1.82, 2.24) is 9.97 Å². The number of hydrogen-bond acceptors (Lipinski definition) is 5. The largest absolute Gasteiger partial charge is 0.244 e. The first-order valence-corrected chi connectivity index (χ1v) is 8.69. The third kappa shape index (κ3) is 3.47. The van der Waals surface area contributed by atoms with E-state index in [0.717, 1.165) is 21.2 Å². The van der Waals surface area contributed by atoms with Crippen LogP contribution in [0.15, 0.2) is 53.0 Å². The zero-order valence-electron chi connectivity index (χ0n) is 11.4. The first-order chi connectivity index (χ1) is 10.8. The average molecular weight is 344 g/mol. The minimum Gasteiger partial charge on any atom is -0.244 e. The van der Waals surface area contributed by atoms with Crippen LogP contribution in [0.3, 0.4) is 0 Å². The van der Waals surface area contributed by atoms with E-state index in [9.17, 15) is 5.26 Å². The summed E-state index contributed by atoms with van der Waals surface area (Å²) in [4.78, 5) is 9.78. The Hall–Kier alpha value is -1.87. The molecular formula is C16H10ClN3S2. The molecule has 0 atom stereocenters. The van der Waals surface area contributed by atoms with Crippen LogP contribution in [0.1, 0.15) is 11.1 Å². The number of thioether (sulfide) groups is 1. The smallest absolute Gasteiger partial charge is 0.129 e. The Morgan fingerprint density at radius 1 is 1.23 bits per heavy atom.